The van der Waals surface area contributed by atoms with Gasteiger partial charge in [-0.1, -0.05) is 12.1 Å². The number of aromatic nitrogens is 1. The molecule has 0 saturated heterocycles. The summed E-state index contributed by atoms with van der Waals surface area (Å²) in [6.45, 7) is 1.80. The highest BCUT2D eigenvalue weighted by molar-refractivity contribution is 6.04. The predicted octanol–water partition coefficient (Wildman–Crippen LogP) is 3.51. The van der Waals surface area contributed by atoms with Crippen molar-refractivity contribution in [1.29, 1.82) is 0 Å². The Balaban J connectivity index is 2.13. The van der Waals surface area contributed by atoms with Crippen molar-refractivity contribution >= 4 is 11.6 Å². The quantitative estimate of drug-likeness (QED) is 0.938. The van der Waals surface area contributed by atoms with Gasteiger partial charge in [0.1, 0.15) is 11.3 Å². The van der Waals surface area contributed by atoms with Crippen LogP contribution in [0.1, 0.15) is 28.6 Å². The van der Waals surface area contributed by atoms with E-state index >= 15 is 0 Å². The van der Waals surface area contributed by atoms with Crippen LogP contribution in [0, 0.1) is 0 Å². The number of anilines is 1. The average molecular weight is 284 g/mol. The van der Waals surface area contributed by atoms with Crippen LogP contribution in [-0.4, -0.2) is 11.1 Å². The number of amides is 1. The first kappa shape index (κ1) is 14.1. The van der Waals surface area contributed by atoms with Crippen molar-refractivity contribution in [1.82, 2.24) is 5.16 Å². The fourth-order valence-electron chi connectivity index (χ4n) is 1.65. The predicted molar refractivity (Wildman–Crippen MR) is 65.3 cm³/mol. The van der Waals surface area contributed by atoms with E-state index < -0.39 is 17.6 Å². The van der Waals surface area contributed by atoms with Gasteiger partial charge in [0.05, 0.1) is 11.8 Å². The largest absolute Gasteiger partial charge is 0.416 e. The Morgan fingerprint density at radius 1 is 1.30 bits per heavy atom. The molecule has 2 rings (SSSR count). The molecule has 0 saturated carbocycles. The Labute approximate surface area is 112 Å². The van der Waals surface area contributed by atoms with Gasteiger partial charge in [-0.15, -0.1) is 0 Å². The van der Waals surface area contributed by atoms with Crippen molar-refractivity contribution in [3.63, 3.8) is 0 Å². The minimum absolute atomic E-state index is 0.270. The summed E-state index contributed by atoms with van der Waals surface area (Å²) in [5, 5.41) is 6.01. The summed E-state index contributed by atoms with van der Waals surface area (Å²) >= 11 is 0. The van der Waals surface area contributed by atoms with E-state index in [2.05, 4.69) is 10.5 Å². The third-order valence-electron chi connectivity index (χ3n) is 2.68. The fourth-order valence-corrected chi connectivity index (χ4v) is 1.65. The van der Waals surface area contributed by atoms with Crippen molar-refractivity contribution in [3.05, 3.63) is 47.3 Å². The molecule has 1 aromatic heterocycles. The van der Waals surface area contributed by atoms with Gasteiger partial charge in [-0.2, -0.15) is 13.2 Å². The van der Waals surface area contributed by atoms with E-state index in [1.807, 2.05) is 0 Å². The van der Waals surface area contributed by atoms with Crippen LogP contribution in [0.3, 0.4) is 0 Å². The summed E-state index contributed by atoms with van der Waals surface area (Å²) in [4.78, 5) is 11.9. The number of halogens is 3. The number of hydrogen-bond acceptors (Lipinski definition) is 3. The van der Waals surface area contributed by atoms with Crippen LogP contribution in [-0.2, 0) is 12.6 Å². The van der Waals surface area contributed by atoms with Gasteiger partial charge >= 0.3 is 6.18 Å². The molecule has 20 heavy (non-hydrogen) atoms. The third-order valence-corrected chi connectivity index (χ3v) is 2.68. The molecule has 1 heterocycles. The summed E-state index contributed by atoms with van der Waals surface area (Å²) in [5.41, 5.74) is -0.228. The zero-order chi connectivity index (χ0) is 14.8. The standard InChI is InChI=1S/C13H11F3N2O2/c1-2-11-10(7-17-20-11)12(19)18-9-5-3-8(4-6-9)13(14,15)16/h3-7H,2H2,1H3,(H,18,19). The number of nitrogens with zero attached hydrogens (tertiary/aromatic N) is 1. The number of rotatable bonds is 3. The molecule has 0 atom stereocenters. The molecular formula is C13H11F3N2O2. The molecule has 1 N–H and O–H groups in total. The third kappa shape index (κ3) is 2.98. The maximum absolute atomic E-state index is 12.4. The number of alkyl halides is 3. The zero-order valence-electron chi connectivity index (χ0n) is 10.5. The van der Waals surface area contributed by atoms with Crippen molar-refractivity contribution in [2.45, 2.75) is 19.5 Å². The number of aryl methyl sites for hydroxylation is 1. The second-order valence-corrected chi connectivity index (χ2v) is 4.05. The zero-order valence-corrected chi connectivity index (χ0v) is 10.5. The van der Waals surface area contributed by atoms with Crippen LogP contribution < -0.4 is 5.32 Å². The molecule has 1 aromatic carbocycles. The van der Waals surface area contributed by atoms with Crippen LogP contribution in [0.15, 0.2) is 35.0 Å². The molecule has 0 fully saturated rings. The van der Waals surface area contributed by atoms with Crippen molar-refractivity contribution < 1.29 is 22.5 Å². The highest BCUT2D eigenvalue weighted by Gasteiger charge is 2.30. The van der Waals surface area contributed by atoms with Crippen molar-refractivity contribution in [3.8, 4) is 0 Å². The lowest BCUT2D eigenvalue weighted by molar-refractivity contribution is -0.137. The lowest BCUT2D eigenvalue weighted by Gasteiger charge is -2.08. The number of carbonyl (C=O) groups is 1. The van der Waals surface area contributed by atoms with E-state index in [1.165, 1.54) is 18.3 Å². The summed E-state index contributed by atoms with van der Waals surface area (Å²) in [6.07, 6.45) is -2.62. The first-order valence-corrected chi connectivity index (χ1v) is 5.84. The topological polar surface area (TPSA) is 55.1 Å². The first-order valence-electron chi connectivity index (χ1n) is 5.84. The summed E-state index contributed by atoms with van der Waals surface area (Å²) in [6, 6.07) is 4.20. The maximum atomic E-state index is 12.4. The normalized spacial score (nSPS) is 11.4. The summed E-state index contributed by atoms with van der Waals surface area (Å²) in [7, 11) is 0. The van der Waals surface area contributed by atoms with Crippen LogP contribution in [0.25, 0.3) is 0 Å². The number of hydrogen-bond donors (Lipinski definition) is 1. The van der Waals surface area contributed by atoms with Crippen LogP contribution in [0.4, 0.5) is 18.9 Å². The molecule has 0 aliphatic rings. The Morgan fingerprint density at radius 3 is 2.50 bits per heavy atom. The summed E-state index contributed by atoms with van der Waals surface area (Å²) in [5.74, 6) is -0.0442. The van der Waals surface area contributed by atoms with Gasteiger partial charge in [0.25, 0.3) is 5.91 Å². The molecular weight excluding hydrogens is 273 g/mol. The number of carbonyl (C=O) groups excluding carboxylic acids is 1. The monoisotopic (exact) mass is 284 g/mol. The van der Waals surface area contributed by atoms with Crippen molar-refractivity contribution in [2.24, 2.45) is 0 Å². The second kappa shape index (κ2) is 5.36. The highest BCUT2D eigenvalue weighted by Crippen LogP contribution is 2.29. The highest BCUT2D eigenvalue weighted by atomic mass is 19.4. The Bertz CT molecular complexity index is 603. The van der Waals surface area contributed by atoms with Crippen LogP contribution in [0.5, 0.6) is 0 Å². The number of nitrogens with one attached hydrogen (secondary N) is 1. The van der Waals surface area contributed by atoms with E-state index in [1.54, 1.807) is 6.92 Å². The van der Waals surface area contributed by atoms with Gasteiger partial charge in [0.2, 0.25) is 0 Å². The van der Waals surface area contributed by atoms with Gasteiger partial charge < -0.3 is 9.84 Å². The molecule has 0 aliphatic heterocycles. The molecule has 0 bridgehead atoms. The molecule has 4 nitrogen and oxygen atoms in total. The van der Waals surface area contributed by atoms with E-state index in [0.717, 1.165) is 12.1 Å². The maximum Gasteiger partial charge on any atom is 0.416 e. The van der Waals surface area contributed by atoms with Gasteiger partial charge in [0, 0.05) is 12.1 Å². The Morgan fingerprint density at radius 2 is 1.95 bits per heavy atom. The Kier molecular flexibility index (Phi) is 3.78. The average Bonchev–Trinajstić information content (AvgIpc) is 2.86. The minimum Gasteiger partial charge on any atom is -0.361 e. The summed E-state index contributed by atoms with van der Waals surface area (Å²) < 4.78 is 42.1. The van der Waals surface area contributed by atoms with E-state index in [4.69, 9.17) is 4.52 Å². The molecule has 1 amide bonds. The molecule has 0 radical (unpaired) electrons. The lowest BCUT2D eigenvalue weighted by Crippen LogP contribution is -2.13. The molecule has 106 valence electrons. The van der Waals surface area contributed by atoms with Gasteiger partial charge in [0.15, 0.2) is 0 Å². The van der Waals surface area contributed by atoms with Gasteiger partial charge in [-0.3, -0.25) is 4.79 Å². The van der Waals surface area contributed by atoms with E-state index in [9.17, 15) is 18.0 Å². The number of benzene rings is 1. The van der Waals surface area contributed by atoms with E-state index in [0.29, 0.717) is 12.2 Å². The van der Waals surface area contributed by atoms with Gasteiger partial charge in [-0.25, -0.2) is 0 Å². The lowest BCUT2D eigenvalue weighted by atomic mass is 10.2. The first-order chi connectivity index (χ1) is 9.41. The Hall–Kier alpha value is -2.31. The smallest absolute Gasteiger partial charge is 0.361 e. The van der Waals surface area contributed by atoms with Crippen LogP contribution in [0.2, 0.25) is 0 Å². The van der Waals surface area contributed by atoms with Crippen molar-refractivity contribution in [2.75, 3.05) is 5.32 Å². The van der Waals surface area contributed by atoms with E-state index in [-0.39, 0.29) is 11.3 Å². The fraction of sp³-hybridized carbons (Fsp3) is 0.231. The second-order valence-electron chi connectivity index (χ2n) is 4.05. The van der Waals surface area contributed by atoms with Gasteiger partial charge in [-0.05, 0) is 24.3 Å². The molecule has 2 aromatic rings. The molecule has 0 unspecified atom stereocenters. The molecule has 7 heteroatoms. The minimum atomic E-state index is -4.40. The van der Waals surface area contributed by atoms with Crippen LogP contribution >= 0.6 is 0 Å². The molecule has 0 aliphatic carbocycles. The molecule has 0 spiro atoms. The SMILES string of the molecule is CCc1oncc1C(=O)Nc1ccc(C(F)(F)F)cc1.